The molecule has 0 radical (unpaired) electrons. The highest BCUT2D eigenvalue weighted by atomic mass is 79.9. The van der Waals surface area contributed by atoms with Crippen molar-refractivity contribution >= 4 is 15.9 Å². The second-order valence-electron chi connectivity index (χ2n) is 5.84. The summed E-state index contributed by atoms with van der Waals surface area (Å²) in [5.74, 6) is 3.69. The summed E-state index contributed by atoms with van der Waals surface area (Å²) in [7, 11) is 3.84. The van der Waals surface area contributed by atoms with E-state index in [4.69, 9.17) is 4.74 Å². The Balaban J connectivity index is 1.88. The Labute approximate surface area is 124 Å². The van der Waals surface area contributed by atoms with Crippen molar-refractivity contribution in [2.45, 2.75) is 31.7 Å². The third-order valence-corrected chi connectivity index (χ3v) is 5.44. The van der Waals surface area contributed by atoms with Crippen molar-refractivity contribution in [2.75, 3.05) is 14.2 Å². The molecule has 3 rings (SSSR count). The van der Waals surface area contributed by atoms with E-state index >= 15 is 0 Å². The monoisotopic (exact) mass is 323 g/mol. The molecule has 3 heteroatoms. The first-order valence-corrected chi connectivity index (χ1v) is 8.06. The van der Waals surface area contributed by atoms with Gasteiger partial charge in [0.15, 0.2) is 0 Å². The zero-order valence-corrected chi connectivity index (χ0v) is 13.2. The molecule has 0 aliphatic heterocycles. The lowest BCUT2D eigenvalue weighted by Crippen LogP contribution is -2.20. The summed E-state index contributed by atoms with van der Waals surface area (Å²) < 4.78 is 6.69. The number of ether oxygens (including phenoxy) is 1. The number of benzene rings is 1. The zero-order chi connectivity index (χ0) is 13.4. The molecular formula is C16H22BrNO. The highest BCUT2D eigenvalue weighted by Gasteiger charge is 2.54. The van der Waals surface area contributed by atoms with Crippen LogP contribution < -0.4 is 10.1 Å². The van der Waals surface area contributed by atoms with Crippen LogP contribution in [0.4, 0.5) is 0 Å². The number of methoxy groups -OCH3 is 1. The van der Waals surface area contributed by atoms with E-state index in [-0.39, 0.29) is 0 Å². The van der Waals surface area contributed by atoms with Gasteiger partial charge in [-0.3, -0.25) is 0 Å². The van der Waals surface area contributed by atoms with Gasteiger partial charge in [-0.1, -0.05) is 28.8 Å². The van der Waals surface area contributed by atoms with Gasteiger partial charge < -0.3 is 10.1 Å². The van der Waals surface area contributed by atoms with Crippen LogP contribution in [-0.2, 0) is 0 Å². The van der Waals surface area contributed by atoms with Gasteiger partial charge >= 0.3 is 0 Å². The summed E-state index contributed by atoms with van der Waals surface area (Å²) in [6.07, 6.45) is 5.68. The first kappa shape index (κ1) is 13.4. The Morgan fingerprint density at radius 1 is 1.26 bits per heavy atom. The molecule has 2 saturated carbocycles. The molecule has 2 aliphatic carbocycles. The van der Waals surface area contributed by atoms with Crippen LogP contribution in [0.25, 0.3) is 0 Å². The highest BCUT2D eigenvalue weighted by molar-refractivity contribution is 9.10. The van der Waals surface area contributed by atoms with Gasteiger partial charge in [0.2, 0.25) is 0 Å². The molecule has 0 amide bonds. The maximum Gasteiger partial charge on any atom is 0.123 e. The van der Waals surface area contributed by atoms with Gasteiger partial charge in [-0.2, -0.15) is 0 Å². The first-order chi connectivity index (χ1) is 9.26. The first-order valence-electron chi connectivity index (χ1n) is 7.27. The van der Waals surface area contributed by atoms with E-state index in [0.29, 0.717) is 6.04 Å². The van der Waals surface area contributed by atoms with E-state index in [1.54, 1.807) is 7.11 Å². The molecule has 3 atom stereocenters. The molecule has 2 nitrogen and oxygen atoms in total. The van der Waals surface area contributed by atoms with Gasteiger partial charge in [0.1, 0.15) is 5.75 Å². The standard InChI is InChI=1S/C16H22BrNO/c1-18-16(15-11-5-3-4-6-12(11)15)13-9-10(17)7-8-14(13)19-2/h7-9,11-12,15-16,18H,3-6H2,1-2H3. The third-order valence-electron chi connectivity index (χ3n) is 4.95. The van der Waals surface area contributed by atoms with Crippen LogP contribution in [-0.4, -0.2) is 14.2 Å². The van der Waals surface area contributed by atoms with E-state index in [2.05, 4.69) is 46.5 Å². The van der Waals surface area contributed by atoms with Crippen molar-refractivity contribution in [3.63, 3.8) is 0 Å². The molecule has 0 spiro atoms. The Hall–Kier alpha value is -0.540. The van der Waals surface area contributed by atoms with Crippen molar-refractivity contribution in [3.8, 4) is 5.75 Å². The van der Waals surface area contributed by atoms with Gasteiger partial charge in [-0.25, -0.2) is 0 Å². The summed E-state index contributed by atoms with van der Waals surface area (Å²) in [4.78, 5) is 0. The average Bonchev–Trinajstić information content (AvgIpc) is 3.15. The van der Waals surface area contributed by atoms with Crippen LogP contribution in [0.2, 0.25) is 0 Å². The van der Waals surface area contributed by atoms with E-state index in [9.17, 15) is 0 Å². The summed E-state index contributed by atoms with van der Waals surface area (Å²) in [6, 6.07) is 6.76. The molecule has 0 saturated heterocycles. The minimum atomic E-state index is 0.431. The lowest BCUT2D eigenvalue weighted by atomic mass is 9.99. The van der Waals surface area contributed by atoms with Crippen molar-refractivity contribution in [1.82, 2.24) is 5.32 Å². The molecule has 104 valence electrons. The van der Waals surface area contributed by atoms with Gasteiger partial charge in [-0.15, -0.1) is 0 Å². The summed E-state index contributed by atoms with van der Waals surface area (Å²) in [5, 5.41) is 3.54. The van der Waals surface area contributed by atoms with E-state index in [1.807, 2.05) is 0 Å². The summed E-state index contributed by atoms with van der Waals surface area (Å²) >= 11 is 3.59. The molecule has 0 bridgehead atoms. The predicted octanol–water partition coefficient (Wildman–Crippen LogP) is 4.15. The number of halogens is 1. The van der Waals surface area contributed by atoms with Gasteiger partial charge in [0.05, 0.1) is 7.11 Å². The third kappa shape index (κ3) is 2.43. The van der Waals surface area contributed by atoms with E-state index in [0.717, 1.165) is 28.0 Å². The lowest BCUT2D eigenvalue weighted by Gasteiger charge is -2.20. The number of hydrogen-bond acceptors (Lipinski definition) is 2. The molecular weight excluding hydrogens is 302 g/mol. The minimum absolute atomic E-state index is 0.431. The minimum Gasteiger partial charge on any atom is -0.496 e. The van der Waals surface area contributed by atoms with Gasteiger partial charge in [0, 0.05) is 16.1 Å². The van der Waals surface area contributed by atoms with Crippen molar-refractivity contribution in [2.24, 2.45) is 17.8 Å². The van der Waals surface area contributed by atoms with Crippen molar-refractivity contribution in [1.29, 1.82) is 0 Å². The Bertz CT molecular complexity index is 450. The number of nitrogens with one attached hydrogen (secondary N) is 1. The predicted molar refractivity (Wildman–Crippen MR) is 81.4 cm³/mol. The lowest BCUT2D eigenvalue weighted by molar-refractivity contribution is 0.390. The topological polar surface area (TPSA) is 21.3 Å². The van der Waals surface area contributed by atoms with Crippen LogP contribution in [0, 0.1) is 17.8 Å². The average molecular weight is 324 g/mol. The maximum atomic E-state index is 5.55. The van der Waals surface area contributed by atoms with Crippen molar-refractivity contribution < 1.29 is 4.74 Å². The molecule has 0 aromatic heterocycles. The maximum absolute atomic E-state index is 5.55. The highest BCUT2D eigenvalue weighted by Crippen LogP contribution is 2.61. The largest absolute Gasteiger partial charge is 0.496 e. The van der Waals surface area contributed by atoms with Gasteiger partial charge in [-0.05, 0) is 55.8 Å². The van der Waals surface area contributed by atoms with Crippen LogP contribution in [0.5, 0.6) is 5.75 Å². The SMILES string of the molecule is CNC(c1cc(Br)ccc1OC)C1C2CCCCC21. The fraction of sp³-hybridized carbons (Fsp3) is 0.625. The molecule has 2 fully saturated rings. The fourth-order valence-corrected chi connectivity index (χ4v) is 4.42. The smallest absolute Gasteiger partial charge is 0.123 e. The second kappa shape index (κ2) is 5.45. The molecule has 0 heterocycles. The quantitative estimate of drug-likeness (QED) is 0.898. The van der Waals surface area contributed by atoms with Crippen LogP contribution in [0.1, 0.15) is 37.3 Å². The van der Waals surface area contributed by atoms with Crippen LogP contribution >= 0.6 is 15.9 Å². The molecule has 2 aliphatic rings. The van der Waals surface area contributed by atoms with E-state index in [1.165, 1.54) is 31.2 Å². The summed E-state index contributed by atoms with van der Waals surface area (Å²) in [6.45, 7) is 0. The Morgan fingerprint density at radius 3 is 2.53 bits per heavy atom. The second-order valence-corrected chi connectivity index (χ2v) is 6.76. The molecule has 19 heavy (non-hydrogen) atoms. The Kier molecular flexibility index (Phi) is 3.86. The normalized spacial score (nSPS) is 30.6. The van der Waals surface area contributed by atoms with Crippen molar-refractivity contribution in [3.05, 3.63) is 28.2 Å². The summed E-state index contributed by atoms with van der Waals surface area (Å²) in [5.41, 5.74) is 1.30. The Morgan fingerprint density at radius 2 is 1.95 bits per heavy atom. The molecule has 3 unspecified atom stereocenters. The molecule has 1 aromatic rings. The van der Waals surface area contributed by atoms with Crippen LogP contribution in [0.3, 0.4) is 0 Å². The van der Waals surface area contributed by atoms with Crippen LogP contribution in [0.15, 0.2) is 22.7 Å². The number of hydrogen-bond donors (Lipinski definition) is 1. The fourth-order valence-electron chi connectivity index (χ4n) is 4.05. The number of fused-ring (bicyclic) bond motifs is 1. The van der Waals surface area contributed by atoms with Gasteiger partial charge in [0.25, 0.3) is 0 Å². The number of rotatable bonds is 4. The molecule has 1 aromatic carbocycles. The zero-order valence-electron chi connectivity index (χ0n) is 11.7. The molecule has 1 N–H and O–H groups in total. The van der Waals surface area contributed by atoms with E-state index < -0.39 is 0 Å².